The fourth-order valence-corrected chi connectivity index (χ4v) is 3.58. The number of aryl methyl sites for hydroxylation is 2. The van der Waals surface area contributed by atoms with Crippen LogP contribution < -0.4 is 10.9 Å². The highest BCUT2D eigenvalue weighted by atomic mass is 16.1. The molecule has 4 rings (SSSR count). The number of hydrogen-bond donors (Lipinski definition) is 1. The van der Waals surface area contributed by atoms with E-state index in [-0.39, 0.29) is 11.5 Å². The van der Waals surface area contributed by atoms with Crippen molar-refractivity contribution in [2.75, 3.05) is 6.54 Å². The van der Waals surface area contributed by atoms with Gasteiger partial charge in [0.1, 0.15) is 0 Å². The van der Waals surface area contributed by atoms with Crippen LogP contribution in [0.25, 0.3) is 11.1 Å². The zero-order valence-corrected chi connectivity index (χ0v) is 15.7. The maximum Gasteiger partial charge on any atom is 0.267 e. The van der Waals surface area contributed by atoms with E-state index in [1.54, 1.807) is 6.07 Å². The lowest BCUT2D eigenvalue weighted by Gasteiger charge is -2.16. The van der Waals surface area contributed by atoms with Gasteiger partial charge in [-0.1, -0.05) is 42.5 Å². The summed E-state index contributed by atoms with van der Waals surface area (Å²) in [5, 5.41) is 7.36. The minimum atomic E-state index is -0.148. The molecule has 0 radical (unpaired) electrons. The van der Waals surface area contributed by atoms with Crippen molar-refractivity contribution >= 4 is 5.91 Å². The molecule has 1 aliphatic rings. The maximum atomic E-state index is 12.4. The van der Waals surface area contributed by atoms with E-state index in [0.717, 1.165) is 48.1 Å². The van der Waals surface area contributed by atoms with Gasteiger partial charge in [0, 0.05) is 18.2 Å². The predicted molar refractivity (Wildman–Crippen MR) is 109 cm³/mol. The third-order valence-electron chi connectivity index (χ3n) is 5.14. The molecule has 5 heteroatoms. The van der Waals surface area contributed by atoms with Gasteiger partial charge >= 0.3 is 0 Å². The normalized spacial score (nSPS) is 13.0. The summed E-state index contributed by atoms with van der Waals surface area (Å²) >= 11 is 0. The van der Waals surface area contributed by atoms with Gasteiger partial charge in [-0.15, -0.1) is 0 Å². The first kappa shape index (κ1) is 18.2. The Morgan fingerprint density at radius 1 is 0.964 bits per heavy atom. The third-order valence-corrected chi connectivity index (χ3v) is 5.14. The molecule has 0 unspecified atom stereocenters. The SMILES string of the molecule is O=C(NCCn1nc2c(cc1=O)CCCC2)c1ccc(-c2ccccc2)cc1. The van der Waals surface area contributed by atoms with Crippen LogP contribution in [0, 0.1) is 0 Å². The molecule has 1 heterocycles. The molecule has 0 atom stereocenters. The number of nitrogens with zero attached hydrogens (tertiary/aromatic N) is 2. The molecule has 142 valence electrons. The number of amides is 1. The highest BCUT2D eigenvalue weighted by molar-refractivity contribution is 5.94. The predicted octanol–water partition coefficient (Wildman–Crippen LogP) is 3.22. The summed E-state index contributed by atoms with van der Waals surface area (Å²) in [5.41, 5.74) is 4.80. The van der Waals surface area contributed by atoms with Crippen LogP contribution in [0.15, 0.2) is 65.5 Å². The monoisotopic (exact) mass is 373 g/mol. The molecule has 1 N–H and O–H groups in total. The van der Waals surface area contributed by atoms with E-state index in [1.807, 2.05) is 54.6 Å². The van der Waals surface area contributed by atoms with Crippen molar-refractivity contribution in [3.8, 4) is 11.1 Å². The molecular weight excluding hydrogens is 350 g/mol. The average Bonchev–Trinajstić information content (AvgIpc) is 2.75. The minimum Gasteiger partial charge on any atom is -0.350 e. The summed E-state index contributed by atoms with van der Waals surface area (Å²) in [7, 11) is 0. The molecule has 1 amide bonds. The lowest BCUT2D eigenvalue weighted by Crippen LogP contribution is -2.33. The lowest BCUT2D eigenvalue weighted by molar-refractivity contribution is 0.0951. The largest absolute Gasteiger partial charge is 0.350 e. The second-order valence-corrected chi connectivity index (χ2v) is 7.08. The second kappa shape index (κ2) is 8.21. The summed E-state index contributed by atoms with van der Waals surface area (Å²) in [4.78, 5) is 24.6. The number of benzene rings is 2. The van der Waals surface area contributed by atoms with Gasteiger partial charge in [-0.3, -0.25) is 9.59 Å². The summed E-state index contributed by atoms with van der Waals surface area (Å²) in [6.07, 6.45) is 4.11. The Morgan fingerprint density at radius 3 is 2.46 bits per heavy atom. The van der Waals surface area contributed by atoms with Crippen LogP contribution in [-0.2, 0) is 19.4 Å². The van der Waals surface area contributed by atoms with Crippen LogP contribution in [0.5, 0.6) is 0 Å². The van der Waals surface area contributed by atoms with Crippen LogP contribution in [0.1, 0.15) is 34.5 Å². The van der Waals surface area contributed by atoms with Gasteiger partial charge in [0.05, 0.1) is 12.2 Å². The molecule has 0 spiro atoms. The molecule has 28 heavy (non-hydrogen) atoms. The van der Waals surface area contributed by atoms with Crippen molar-refractivity contribution in [1.29, 1.82) is 0 Å². The molecule has 5 nitrogen and oxygen atoms in total. The molecule has 0 aliphatic heterocycles. The molecule has 1 aliphatic carbocycles. The van der Waals surface area contributed by atoms with Gasteiger partial charge in [0.15, 0.2) is 0 Å². The van der Waals surface area contributed by atoms with E-state index < -0.39 is 0 Å². The fourth-order valence-electron chi connectivity index (χ4n) is 3.58. The smallest absolute Gasteiger partial charge is 0.267 e. The highest BCUT2D eigenvalue weighted by Gasteiger charge is 2.13. The topological polar surface area (TPSA) is 64.0 Å². The zero-order chi connectivity index (χ0) is 19.3. The number of fused-ring (bicyclic) bond motifs is 1. The average molecular weight is 373 g/mol. The van der Waals surface area contributed by atoms with Crippen molar-refractivity contribution in [3.63, 3.8) is 0 Å². The van der Waals surface area contributed by atoms with E-state index in [0.29, 0.717) is 18.7 Å². The standard InChI is InChI=1S/C23H23N3O2/c27-22-16-20-8-4-5-9-21(20)25-26(22)15-14-24-23(28)19-12-10-18(11-13-19)17-6-2-1-3-7-17/h1-3,6-7,10-13,16H,4-5,8-9,14-15H2,(H,24,28). The lowest BCUT2D eigenvalue weighted by atomic mass is 9.97. The van der Waals surface area contributed by atoms with Crippen molar-refractivity contribution in [2.45, 2.75) is 32.2 Å². The van der Waals surface area contributed by atoms with E-state index >= 15 is 0 Å². The van der Waals surface area contributed by atoms with Gasteiger partial charge in [0.25, 0.3) is 11.5 Å². The number of carbonyl (C=O) groups is 1. The number of nitrogens with one attached hydrogen (secondary N) is 1. The first-order chi connectivity index (χ1) is 13.7. The van der Waals surface area contributed by atoms with Gasteiger partial charge < -0.3 is 5.32 Å². The first-order valence-electron chi connectivity index (χ1n) is 9.74. The summed E-state index contributed by atoms with van der Waals surface area (Å²) in [5.74, 6) is -0.148. The molecule has 0 fully saturated rings. The number of aromatic nitrogens is 2. The van der Waals surface area contributed by atoms with Crippen molar-refractivity contribution in [3.05, 3.63) is 87.8 Å². The van der Waals surface area contributed by atoms with E-state index in [2.05, 4.69) is 10.4 Å². The van der Waals surface area contributed by atoms with Gasteiger partial charge in [-0.2, -0.15) is 5.10 Å². The van der Waals surface area contributed by atoms with E-state index in [1.165, 1.54) is 4.68 Å². The fraction of sp³-hybridized carbons (Fsp3) is 0.261. The minimum absolute atomic E-state index is 0.0953. The third kappa shape index (κ3) is 4.03. The molecule has 2 aromatic carbocycles. The zero-order valence-electron chi connectivity index (χ0n) is 15.7. The Labute approximate surface area is 164 Å². The van der Waals surface area contributed by atoms with Crippen molar-refractivity contribution in [2.24, 2.45) is 0 Å². The van der Waals surface area contributed by atoms with Crippen LogP contribution in [0.3, 0.4) is 0 Å². The van der Waals surface area contributed by atoms with Crippen LogP contribution in [0.2, 0.25) is 0 Å². The Hall–Kier alpha value is -3.21. The molecule has 0 bridgehead atoms. The van der Waals surface area contributed by atoms with E-state index in [9.17, 15) is 9.59 Å². The van der Waals surface area contributed by atoms with E-state index in [4.69, 9.17) is 0 Å². The van der Waals surface area contributed by atoms with Gasteiger partial charge in [-0.25, -0.2) is 4.68 Å². The van der Waals surface area contributed by atoms with Gasteiger partial charge in [-0.05, 0) is 54.5 Å². The Kier molecular flexibility index (Phi) is 5.33. The highest BCUT2D eigenvalue weighted by Crippen LogP contribution is 2.19. The van der Waals surface area contributed by atoms with Crippen molar-refractivity contribution in [1.82, 2.24) is 15.1 Å². The molecule has 0 saturated carbocycles. The first-order valence-corrected chi connectivity index (χ1v) is 9.74. The second-order valence-electron chi connectivity index (χ2n) is 7.08. The number of carbonyl (C=O) groups excluding carboxylic acids is 1. The van der Waals surface area contributed by atoms with Crippen LogP contribution in [-0.4, -0.2) is 22.2 Å². The van der Waals surface area contributed by atoms with Gasteiger partial charge in [0.2, 0.25) is 0 Å². The molecule has 1 aromatic heterocycles. The Balaban J connectivity index is 1.36. The summed E-state index contributed by atoms with van der Waals surface area (Å²) in [6.45, 7) is 0.741. The summed E-state index contributed by atoms with van der Waals surface area (Å²) < 4.78 is 1.46. The van der Waals surface area contributed by atoms with Crippen molar-refractivity contribution < 1.29 is 4.79 Å². The van der Waals surface area contributed by atoms with Crippen LogP contribution in [0.4, 0.5) is 0 Å². The molecule has 0 saturated heterocycles. The number of hydrogen-bond acceptors (Lipinski definition) is 3. The molecular formula is C23H23N3O2. The summed E-state index contributed by atoms with van der Waals surface area (Å²) in [6, 6.07) is 19.3. The molecule has 3 aromatic rings. The Bertz CT molecular complexity index is 1020. The number of rotatable bonds is 5. The maximum absolute atomic E-state index is 12.4. The Morgan fingerprint density at radius 2 is 1.68 bits per heavy atom. The van der Waals surface area contributed by atoms with Crippen LogP contribution >= 0.6 is 0 Å². The quantitative estimate of drug-likeness (QED) is 0.747.